The van der Waals surface area contributed by atoms with E-state index in [0.717, 1.165) is 12.0 Å². The minimum Gasteiger partial charge on any atom is -0.744 e. The molecule has 0 bridgehead atoms. The van der Waals surface area contributed by atoms with Crippen LogP contribution in [0.2, 0.25) is 0 Å². The summed E-state index contributed by atoms with van der Waals surface area (Å²) < 4.78 is 32.0. The summed E-state index contributed by atoms with van der Waals surface area (Å²) in [5.41, 5.74) is 1.19. The van der Waals surface area contributed by atoms with E-state index in [4.69, 9.17) is 0 Å². The molecule has 3 nitrogen and oxygen atoms in total. The normalized spacial score (nSPS) is 12.0. The van der Waals surface area contributed by atoms with Crippen LogP contribution < -0.4 is 29.6 Å². The van der Waals surface area contributed by atoms with Gasteiger partial charge in [0.2, 0.25) is 0 Å². The number of hydrogen-bond acceptors (Lipinski definition) is 3. The molecule has 0 aliphatic rings. The van der Waals surface area contributed by atoms with Crippen molar-refractivity contribution in [2.75, 3.05) is 0 Å². The molecule has 0 spiro atoms. The molecular weight excluding hydrogens is 235 g/mol. The first-order valence-corrected chi connectivity index (χ1v) is 6.14. The van der Waals surface area contributed by atoms with Gasteiger partial charge in [-0.05, 0) is 29.5 Å². The molecule has 5 heteroatoms. The van der Waals surface area contributed by atoms with E-state index >= 15 is 0 Å². The second kappa shape index (κ2) is 5.65. The Morgan fingerprint density at radius 3 is 1.88 bits per heavy atom. The molecule has 0 aromatic heterocycles. The monoisotopic (exact) mass is 250 g/mol. The molecule has 1 aromatic rings. The maximum Gasteiger partial charge on any atom is 1.00 e. The van der Waals surface area contributed by atoms with Crippen molar-refractivity contribution in [1.82, 2.24) is 0 Å². The van der Waals surface area contributed by atoms with Crippen LogP contribution in [0.1, 0.15) is 26.3 Å². The summed E-state index contributed by atoms with van der Waals surface area (Å²) in [5, 5.41) is 0. The van der Waals surface area contributed by atoms with Gasteiger partial charge in [-0.1, -0.05) is 32.9 Å². The van der Waals surface area contributed by atoms with Gasteiger partial charge in [0.05, 0.1) is 4.90 Å². The molecule has 0 N–H and O–H groups in total. The average molecular weight is 250 g/mol. The van der Waals surface area contributed by atoms with Gasteiger partial charge >= 0.3 is 29.6 Å². The predicted molar refractivity (Wildman–Crippen MR) is 57.6 cm³/mol. The quantitative estimate of drug-likeness (QED) is 0.509. The van der Waals surface area contributed by atoms with Crippen molar-refractivity contribution >= 4 is 10.1 Å². The molecule has 0 aliphatic carbocycles. The maximum absolute atomic E-state index is 10.7. The fourth-order valence-electron chi connectivity index (χ4n) is 1.39. The summed E-state index contributed by atoms with van der Waals surface area (Å²) in [4.78, 5) is -0.167. The summed E-state index contributed by atoms with van der Waals surface area (Å²) in [6.45, 7) is 6.31. The Balaban J connectivity index is 0.00000225. The zero-order valence-corrected chi connectivity index (χ0v) is 13.0. The number of hydrogen-bond donors (Lipinski definition) is 0. The molecule has 0 unspecified atom stereocenters. The van der Waals surface area contributed by atoms with Crippen LogP contribution in [0.25, 0.3) is 0 Å². The molecule has 0 radical (unpaired) electrons. The standard InChI is InChI=1S/C11H16O3S.Na/c1-11(2,3)8-9-4-6-10(7-5-9)15(12,13)14;/h4-7H,8H2,1-3H3,(H,12,13,14);/q;+1/p-1. The van der Waals surface area contributed by atoms with Crippen molar-refractivity contribution in [3.8, 4) is 0 Å². The van der Waals surface area contributed by atoms with Crippen LogP contribution in [0.15, 0.2) is 29.2 Å². The fraction of sp³-hybridized carbons (Fsp3) is 0.455. The first kappa shape index (κ1) is 16.1. The van der Waals surface area contributed by atoms with Crippen molar-refractivity contribution in [2.45, 2.75) is 32.1 Å². The third-order valence-electron chi connectivity index (χ3n) is 1.95. The fourth-order valence-corrected chi connectivity index (χ4v) is 1.86. The van der Waals surface area contributed by atoms with Gasteiger partial charge in [0, 0.05) is 0 Å². The van der Waals surface area contributed by atoms with E-state index in [-0.39, 0.29) is 39.9 Å². The smallest absolute Gasteiger partial charge is 0.744 e. The maximum atomic E-state index is 10.7. The summed E-state index contributed by atoms with van der Waals surface area (Å²) in [6, 6.07) is 6.11. The van der Waals surface area contributed by atoms with Gasteiger partial charge in [-0.2, -0.15) is 0 Å². The van der Waals surface area contributed by atoms with Crippen molar-refractivity contribution < 1.29 is 42.5 Å². The largest absolute Gasteiger partial charge is 1.00 e. The second-order valence-electron chi connectivity index (χ2n) is 4.84. The van der Waals surface area contributed by atoms with Gasteiger partial charge < -0.3 is 4.55 Å². The Labute approximate surface area is 119 Å². The molecule has 0 aliphatic heterocycles. The molecule has 1 aromatic carbocycles. The zero-order chi connectivity index (χ0) is 11.7. The van der Waals surface area contributed by atoms with Crippen molar-refractivity contribution in [2.24, 2.45) is 5.41 Å². The first-order valence-electron chi connectivity index (χ1n) is 4.73. The van der Waals surface area contributed by atoms with Crippen LogP contribution in [0.4, 0.5) is 0 Å². The van der Waals surface area contributed by atoms with Gasteiger partial charge in [0.25, 0.3) is 0 Å². The van der Waals surface area contributed by atoms with Gasteiger partial charge in [-0.25, -0.2) is 8.42 Å². The second-order valence-corrected chi connectivity index (χ2v) is 6.22. The number of benzene rings is 1. The van der Waals surface area contributed by atoms with Crippen LogP contribution in [0.3, 0.4) is 0 Å². The summed E-state index contributed by atoms with van der Waals surface area (Å²) in [6.07, 6.45) is 0.853. The van der Waals surface area contributed by atoms with E-state index in [2.05, 4.69) is 20.8 Å². The number of rotatable bonds is 2. The summed E-state index contributed by atoms with van der Waals surface area (Å²) in [7, 11) is -4.31. The average Bonchev–Trinajstić information content (AvgIpc) is 2.00. The van der Waals surface area contributed by atoms with Crippen LogP contribution >= 0.6 is 0 Å². The van der Waals surface area contributed by atoms with E-state index < -0.39 is 10.1 Å². The Morgan fingerprint density at radius 1 is 1.12 bits per heavy atom. The minimum absolute atomic E-state index is 0. The van der Waals surface area contributed by atoms with Crippen LogP contribution in [-0.4, -0.2) is 13.0 Å². The van der Waals surface area contributed by atoms with Crippen molar-refractivity contribution in [1.29, 1.82) is 0 Å². The molecule has 0 atom stereocenters. The molecular formula is C11H15NaO3S. The Hall–Kier alpha value is 0.130. The molecule has 0 saturated heterocycles. The van der Waals surface area contributed by atoms with Crippen LogP contribution in [0, 0.1) is 5.41 Å². The molecule has 0 saturated carbocycles. The van der Waals surface area contributed by atoms with E-state index in [1.807, 2.05) is 0 Å². The summed E-state index contributed by atoms with van der Waals surface area (Å²) >= 11 is 0. The van der Waals surface area contributed by atoms with Gasteiger partial charge in [0.15, 0.2) is 0 Å². The molecule has 0 heterocycles. The van der Waals surface area contributed by atoms with Crippen molar-refractivity contribution in [3.05, 3.63) is 29.8 Å². The summed E-state index contributed by atoms with van der Waals surface area (Å²) in [5.74, 6) is 0. The van der Waals surface area contributed by atoms with E-state index in [1.54, 1.807) is 12.1 Å². The Kier molecular flexibility index (Phi) is 5.69. The van der Waals surface area contributed by atoms with Gasteiger partial charge in [0.1, 0.15) is 10.1 Å². The van der Waals surface area contributed by atoms with E-state index in [0.29, 0.717) is 0 Å². The van der Waals surface area contributed by atoms with E-state index in [1.165, 1.54) is 12.1 Å². The molecule has 1 rings (SSSR count). The molecule has 84 valence electrons. The molecule has 16 heavy (non-hydrogen) atoms. The van der Waals surface area contributed by atoms with Gasteiger partial charge in [-0.3, -0.25) is 0 Å². The minimum atomic E-state index is -4.31. The third kappa shape index (κ3) is 5.46. The zero-order valence-electron chi connectivity index (χ0n) is 10.1. The van der Waals surface area contributed by atoms with Crippen molar-refractivity contribution in [3.63, 3.8) is 0 Å². The Bertz CT molecular complexity index is 429. The predicted octanol–water partition coefficient (Wildman–Crippen LogP) is -0.817. The topological polar surface area (TPSA) is 57.2 Å². The Morgan fingerprint density at radius 2 is 1.56 bits per heavy atom. The van der Waals surface area contributed by atoms with Gasteiger partial charge in [-0.15, -0.1) is 0 Å². The SMILES string of the molecule is CC(C)(C)Cc1ccc(S(=O)(=O)[O-])cc1.[Na+]. The first-order chi connectivity index (χ1) is 6.68. The van der Waals surface area contributed by atoms with E-state index in [9.17, 15) is 13.0 Å². The van der Waals surface area contributed by atoms with Crippen LogP contribution in [-0.2, 0) is 16.5 Å². The third-order valence-corrected chi connectivity index (χ3v) is 2.80. The molecule has 0 amide bonds. The van der Waals surface area contributed by atoms with Crippen LogP contribution in [0.5, 0.6) is 0 Å². The molecule has 0 fully saturated rings.